The number of nitrogens with zero attached hydrogens (tertiary/aromatic N) is 2. The summed E-state index contributed by atoms with van der Waals surface area (Å²) in [6.07, 6.45) is 15.9. The van der Waals surface area contributed by atoms with Crippen molar-refractivity contribution in [1.29, 1.82) is 0 Å². The molecule has 35 heavy (non-hydrogen) atoms. The highest BCUT2D eigenvalue weighted by Crippen LogP contribution is 2.37. The number of halogens is 2. The zero-order chi connectivity index (χ0) is 25.0. The van der Waals surface area contributed by atoms with Crippen molar-refractivity contribution in [2.24, 2.45) is 0 Å². The van der Waals surface area contributed by atoms with Crippen LogP contribution in [0.1, 0.15) is 101 Å². The number of pyridine rings is 1. The van der Waals surface area contributed by atoms with Gasteiger partial charge in [-0.15, -0.1) is 0 Å². The number of rotatable bonds is 15. The maximum Gasteiger partial charge on any atom is 0.110 e. The van der Waals surface area contributed by atoms with Crippen LogP contribution in [0.4, 0.5) is 0 Å². The minimum atomic E-state index is 0.317. The number of aromatic nitrogens is 3. The summed E-state index contributed by atoms with van der Waals surface area (Å²) in [5.41, 5.74) is 2.41. The maximum absolute atomic E-state index is 6.25. The summed E-state index contributed by atoms with van der Waals surface area (Å²) in [6.45, 7) is 8.33. The highest BCUT2D eigenvalue weighted by atomic mass is 35.5. The normalized spacial score (nSPS) is 12.4. The van der Waals surface area contributed by atoms with E-state index in [9.17, 15) is 0 Å². The molecule has 0 saturated carbocycles. The summed E-state index contributed by atoms with van der Waals surface area (Å²) in [6, 6.07) is 9.90. The van der Waals surface area contributed by atoms with Crippen molar-refractivity contribution in [3.05, 3.63) is 76.8 Å². The summed E-state index contributed by atoms with van der Waals surface area (Å²) >= 11 is 14.2. The van der Waals surface area contributed by atoms with Gasteiger partial charge in [-0.25, -0.2) is 4.98 Å². The number of hydrogen-bond donors (Lipinski definition) is 1. The molecule has 2 heterocycles. The van der Waals surface area contributed by atoms with Crippen molar-refractivity contribution in [2.45, 2.75) is 99.8 Å². The van der Waals surface area contributed by atoms with Crippen molar-refractivity contribution < 1.29 is 0 Å². The van der Waals surface area contributed by atoms with Gasteiger partial charge < -0.3 is 4.98 Å². The van der Waals surface area contributed by atoms with Crippen LogP contribution in [-0.2, 0) is 6.42 Å². The number of nitrogens with one attached hydrogen (secondary N) is 1. The first-order valence-corrected chi connectivity index (χ1v) is 14.5. The van der Waals surface area contributed by atoms with Gasteiger partial charge in [0.2, 0.25) is 0 Å². The molecule has 6 heteroatoms. The molecule has 1 atom stereocenters. The number of hydrogen-bond acceptors (Lipinski definition) is 3. The molecule has 3 rings (SSSR count). The van der Waals surface area contributed by atoms with E-state index in [1.54, 1.807) is 17.8 Å². The van der Waals surface area contributed by atoms with E-state index in [1.165, 1.54) is 50.5 Å². The number of H-pyrrole nitrogens is 1. The molecule has 3 nitrogen and oxygen atoms in total. The van der Waals surface area contributed by atoms with Crippen molar-refractivity contribution in [3.8, 4) is 0 Å². The van der Waals surface area contributed by atoms with Gasteiger partial charge >= 0.3 is 0 Å². The first-order chi connectivity index (χ1) is 17.0. The molecule has 0 saturated heterocycles. The van der Waals surface area contributed by atoms with Crippen LogP contribution in [0.3, 0.4) is 0 Å². The van der Waals surface area contributed by atoms with Gasteiger partial charge in [0.25, 0.3) is 0 Å². The van der Waals surface area contributed by atoms with E-state index in [0.29, 0.717) is 21.9 Å². The fraction of sp³-hybridized carbons (Fsp3) is 0.483. The molecule has 0 aliphatic carbocycles. The van der Waals surface area contributed by atoms with Crippen molar-refractivity contribution in [3.63, 3.8) is 0 Å². The van der Waals surface area contributed by atoms with Gasteiger partial charge in [-0.3, -0.25) is 4.98 Å². The lowest BCUT2D eigenvalue weighted by molar-refractivity contribution is 0.516. The van der Waals surface area contributed by atoms with Crippen LogP contribution in [-0.4, -0.2) is 15.0 Å². The van der Waals surface area contributed by atoms with E-state index in [1.807, 2.05) is 24.5 Å². The standard InChI is InChI=1S/C29H38Cl2N3S/c1-4-5-6-7-8-9-10-11-12-23(17-22-13-15-32-16-14-22)28-33-27(21(2)3)29(34-28)35-26-19-24(30)18-25(31)20-26/h13-16,18-21,23H,1,4-12,17H2,2-3H3,(H,33,34). The van der Waals surface area contributed by atoms with E-state index >= 15 is 0 Å². The second kappa shape index (κ2) is 14.9. The first-order valence-electron chi connectivity index (χ1n) is 12.9. The number of benzene rings is 1. The third kappa shape index (κ3) is 9.48. The van der Waals surface area contributed by atoms with Crippen LogP contribution in [0.2, 0.25) is 10.0 Å². The molecule has 0 fully saturated rings. The smallest absolute Gasteiger partial charge is 0.110 e. The quantitative estimate of drug-likeness (QED) is 0.198. The van der Waals surface area contributed by atoms with Crippen LogP contribution in [0.25, 0.3) is 0 Å². The molecule has 1 N–H and O–H groups in total. The zero-order valence-electron chi connectivity index (χ0n) is 21.0. The summed E-state index contributed by atoms with van der Waals surface area (Å²) in [4.78, 5) is 14.0. The van der Waals surface area contributed by atoms with Crippen LogP contribution < -0.4 is 0 Å². The van der Waals surface area contributed by atoms with Crippen LogP contribution in [0, 0.1) is 6.92 Å². The lowest BCUT2D eigenvalue weighted by atomic mass is 9.93. The Morgan fingerprint density at radius 1 is 0.914 bits per heavy atom. The molecule has 0 amide bonds. The third-order valence-electron chi connectivity index (χ3n) is 6.24. The lowest BCUT2D eigenvalue weighted by Crippen LogP contribution is -2.06. The van der Waals surface area contributed by atoms with Gasteiger partial charge in [0.05, 0.1) is 5.69 Å². The molecule has 2 aromatic heterocycles. The lowest BCUT2D eigenvalue weighted by Gasteiger charge is -2.15. The van der Waals surface area contributed by atoms with Crippen LogP contribution >= 0.6 is 35.0 Å². The average Bonchev–Trinajstić information content (AvgIpc) is 3.24. The molecular formula is C29H38Cl2N3S. The number of unbranched alkanes of at least 4 members (excludes halogenated alkanes) is 7. The summed E-state index contributed by atoms with van der Waals surface area (Å²) in [5.74, 6) is 1.74. The van der Waals surface area contributed by atoms with Crippen LogP contribution in [0.15, 0.2) is 52.6 Å². The molecule has 0 spiro atoms. The molecule has 3 aromatic rings. The average molecular weight is 532 g/mol. The molecule has 189 valence electrons. The largest absolute Gasteiger partial charge is 0.336 e. The van der Waals surface area contributed by atoms with Gasteiger partial charge in [0.1, 0.15) is 10.9 Å². The Bertz CT molecular complexity index is 1000. The Balaban J connectivity index is 1.73. The van der Waals surface area contributed by atoms with Crippen molar-refractivity contribution >= 4 is 35.0 Å². The van der Waals surface area contributed by atoms with Gasteiger partial charge in [0, 0.05) is 33.3 Å². The van der Waals surface area contributed by atoms with Gasteiger partial charge in [-0.05, 0) is 54.7 Å². The second-order valence-corrected chi connectivity index (χ2v) is 11.5. The molecule has 0 bridgehead atoms. The Hall–Kier alpha value is -1.49. The van der Waals surface area contributed by atoms with E-state index < -0.39 is 0 Å². The summed E-state index contributed by atoms with van der Waals surface area (Å²) in [7, 11) is 0. The molecular weight excluding hydrogens is 493 g/mol. The minimum absolute atomic E-state index is 0.317. The van der Waals surface area contributed by atoms with Gasteiger partial charge in [-0.1, -0.05) is 107 Å². The monoisotopic (exact) mass is 530 g/mol. The van der Waals surface area contributed by atoms with E-state index in [-0.39, 0.29) is 0 Å². The third-order valence-corrected chi connectivity index (χ3v) is 7.66. The predicted octanol–water partition coefficient (Wildman–Crippen LogP) is 10.1. The predicted molar refractivity (Wildman–Crippen MR) is 151 cm³/mol. The number of imidazole rings is 1. The topological polar surface area (TPSA) is 41.6 Å². The SMILES string of the molecule is [CH2]CCCCCCCCCC(Cc1ccncc1)c1nc(C(C)C)c(Sc2cc(Cl)cc(Cl)c2)[nH]1. The Kier molecular flexibility index (Phi) is 12.0. The maximum atomic E-state index is 6.25. The highest BCUT2D eigenvalue weighted by Gasteiger charge is 2.21. The molecule has 0 aliphatic heterocycles. The summed E-state index contributed by atoms with van der Waals surface area (Å²) in [5, 5.41) is 2.37. The van der Waals surface area contributed by atoms with E-state index in [2.05, 4.69) is 42.9 Å². The van der Waals surface area contributed by atoms with Crippen LogP contribution in [0.5, 0.6) is 0 Å². The van der Waals surface area contributed by atoms with Crippen molar-refractivity contribution in [2.75, 3.05) is 0 Å². The molecule has 1 radical (unpaired) electrons. The van der Waals surface area contributed by atoms with E-state index in [4.69, 9.17) is 28.2 Å². The number of aromatic amines is 1. The Labute approximate surface area is 225 Å². The van der Waals surface area contributed by atoms with E-state index in [0.717, 1.165) is 40.7 Å². The Morgan fingerprint density at radius 2 is 1.54 bits per heavy atom. The summed E-state index contributed by atoms with van der Waals surface area (Å²) < 4.78 is 0. The first kappa shape index (κ1) is 28.1. The fourth-order valence-electron chi connectivity index (χ4n) is 4.35. The van der Waals surface area contributed by atoms with Gasteiger partial charge in [-0.2, -0.15) is 0 Å². The van der Waals surface area contributed by atoms with Crippen molar-refractivity contribution in [1.82, 2.24) is 15.0 Å². The highest BCUT2D eigenvalue weighted by molar-refractivity contribution is 7.99. The van der Waals surface area contributed by atoms with Gasteiger partial charge in [0.15, 0.2) is 0 Å². The fourth-order valence-corrected chi connectivity index (χ4v) is 6.15. The molecule has 0 aliphatic rings. The molecule has 1 unspecified atom stereocenters. The second-order valence-electron chi connectivity index (χ2n) is 9.57. The zero-order valence-corrected chi connectivity index (χ0v) is 23.4. The minimum Gasteiger partial charge on any atom is -0.336 e. The Morgan fingerprint density at radius 3 is 2.17 bits per heavy atom. The molecule has 1 aromatic carbocycles.